The highest BCUT2D eigenvalue weighted by Gasteiger charge is 2.06. The number of benzene rings is 3. The average molecular weight is 436 g/mol. The van der Waals surface area contributed by atoms with Gasteiger partial charge < -0.3 is 14.2 Å². The van der Waals surface area contributed by atoms with Crippen LogP contribution in [0.1, 0.15) is 19.8 Å². The first-order chi connectivity index (χ1) is 15.7. The molecule has 0 aliphatic rings. The third-order valence-electron chi connectivity index (χ3n) is 4.99. The van der Waals surface area contributed by atoms with Gasteiger partial charge in [0.1, 0.15) is 12.4 Å². The Bertz CT molecular complexity index is 953. The molecule has 0 radical (unpaired) electrons. The van der Waals surface area contributed by atoms with Crippen molar-refractivity contribution in [1.82, 2.24) is 0 Å². The van der Waals surface area contributed by atoms with E-state index in [0.29, 0.717) is 26.4 Å². The van der Waals surface area contributed by atoms with Crippen LogP contribution < -0.4 is 4.74 Å². The maximum atomic E-state index is 10.8. The molecule has 0 heterocycles. The summed E-state index contributed by atoms with van der Waals surface area (Å²) in [6, 6.07) is 22.7. The molecule has 0 bridgehead atoms. The van der Waals surface area contributed by atoms with Crippen molar-refractivity contribution in [2.75, 3.05) is 33.0 Å². The largest absolute Gasteiger partial charge is 0.491 e. The zero-order chi connectivity index (χ0) is 22.6. The molecule has 3 aromatic carbocycles. The molecule has 0 saturated carbocycles. The molecular formula is C26H29NO5. The zero-order valence-electron chi connectivity index (χ0n) is 18.4. The fraction of sp³-hybridized carbons (Fsp3) is 0.308. The number of hydrogen-bond donors (Lipinski definition) is 0. The summed E-state index contributed by atoms with van der Waals surface area (Å²) in [5.74, 6) is 0.805. The molecule has 0 amide bonds. The van der Waals surface area contributed by atoms with Gasteiger partial charge in [-0.3, -0.25) is 10.1 Å². The molecule has 168 valence electrons. The van der Waals surface area contributed by atoms with Gasteiger partial charge in [0.25, 0.3) is 5.69 Å². The van der Waals surface area contributed by atoms with E-state index in [4.69, 9.17) is 14.2 Å². The van der Waals surface area contributed by atoms with Gasteiger partial charge in [0.15, 0.2) is 0 Å². The molecule has 0 aliphatic carbocycles. The molecule has 0 spiro atoms. The van der Waals surface area contributed by atoms with Crippen molar-refractivity contribution in [2.45, 2.75) is 19.8 Å². The van der Waals surface area contributed by atoms with Crippen LogP contribution in [0, 0.1) is 10.1 Å². The van der Waals surface area contributed by atoms with E-state index in [2.05, 4.69) is 6.92 Å². The van der Waals surface area contributed by atoms with E-state index in [1.807, 2.05) is 48.5 Å². The molecule has 3 aromatic rings. The number of nitro benzene ring substituents is 1. The van der Waals surface area contributed by atoms with Crippen LogP contribution in [-0.2, 0) is 9.47 Å². The minimum Gasteiger partial charge on any atom is -0.491 e. The van der Waals surface area contributed by atoms with Crippen molar-refractivity contribution in [1.29, 1.82) is 0 Å². The quantitative estimate of drug-likeness (QED) is 0.183. The van der Waals surface area contributed by atoms with Gasteiger partial charge in [-0.2, -0.15) is 0 Å². The number of unbranched alkanes of at least 4 members (excludes halogenated alkanes) is 1. The monoisotopic (exact) mass is 435 g/mol. The number of rotatable bonds is 13. The van der Waals surface area contributed by atoms with Crippen LogP contribution in [0.3, 0.4) is 0 Å². The first kappa shape index (κ1) is 23.4. The fourth-order valence-electron chi connectivity index (χ4n) is 3.16. The summed E-state index contributed by atoms with van der Waals surface area (Å²) < 4.78 is 16.7. The van der Waals surface area contributed by atoms with Gasteiger partial charge in [0.05, 0.1) is 24.7 Å². The van der Waals surface area contributed by atoms with Crippen LogP contribution >= 0.6 is 0 Å². The van der Waals surface area contributed by atoms with Gasteiger partial charge in [-0.05, 0) is 52.9 Å². The predicted molar refractivity (Wildman–Crippen MR) is 126 cm³/mol. The summed E-state index contributed by atoms with van der Waals surface area (Å²) in [5, 5.41) is 10.8. The van der Waals surface area contributed by atoms with E-state index in [1.165, 1.54) is 12.1 Å². The molecule has 6 heteroatoms. The Kier molecular flexibility index (Phi) is 9.22. The van der Waals surface area contributed by atoms with E-state index in [0.717, 1.165) is 47.5 Å². The van der Waals surface area contributed by atoms with Crippen molar-refractivity contribution in [3.63, 3.8) is 0 Å². The second kappa shape index (κ2) is 12.6. The van der Waals surface area contributed by atoms with Crippen LogP contribution in [0.5, 0.6) is 5.75 Å². The first-order valence-corrected chi connectivity index (χ1v) is 10.9. The molecule has 0 N–H and O–H groups in total. The summed E-state index contributed by atoms with van der Waals surface area (Å²) in [5.41, 5.74) is 4.23. The molecule has 0 fully saturated rings. The Labute approximate surface area is 188 Å². The van der Waals surface area contributed by atoms with E-state index >= 15 is 0 Å². The van der Waals surface area contributed by atoms with Gasteiger partial charge in [-0.15, -0.1) is 0 Å². The summed E-state index contributed by atoms with van der Waals surface area (Å²) >= 11 is 0. The standard InChI is InChI=1S/C26H29NO5/c1-2-3-16-30-17-18-31-19-20-32-26-14-10-24(11-15-26)22-6-4-21(5-7-22)23-8-12-25(13-9-23)27(28)29/h4-15H,2-3,16-20H2,1H3. The molecule has 0 aliphatic heterocycles. The third-order valence-corrected chi connectivity index (χ3v) is 4.99. The molecule has 6 nitrogen and oxygen atoms in total. The van der Waals surface area contributed by atoms with E-state index in [-0.39, 0.29) is 5.69 Å². The second-order valence-corrected chi connectivity index (χ2v) is 7.33. The van der Waals surface area contributed by atoms with E-state index in [9.17, 15) is 10.1 Å². The lowest BCUT2D eigenvalue weighted by Crippen LogP contribution is -2.11. The van der Waals surface area contributed by atoms with Crippen LogP contribution in [0.15, 0.2) is 72.8 Å². The van der Waals surface area contributed by atoms with Crippen LogP contribution in [0.2, 0.25) is 0 Å². The van der Waals surface area contributed by atoms with Crippen molar-refractivity contribution in [2.24, 2.45) is 0 Å². The van der Waals surface area contributed by atoms with Crippen LogP contribution in [0.25, 0.3) is 22.3 Å². The highest BCUT2D eigenvalue weighted by atomic mass is 16.6. The SMILES string of the molecule is CCCCOCCOCCOc1ccc(-c2ccc(-c3ccc([N+](=O)[O-])cc3)cc2)cc1. The molecule has 0 atom stereocenters. The van der Waals surface area contributed by atoms with Crippen molar-refractivity contribution in [3.05, 3.63) is 82.9 Å². The Morgan fingerprint density at radius 2 is 1.09 bits per heavy atom. The van der Waals surface area contributed by atoms with Gasteiger partial charge in [0.2, 0.25) is 0 Å². The fourth-order valence-corrected chi connectivity index (χ4v) is 3.16. The number of nitrogens with zero attached hydrogens (tertiary/aromatic N) is 1. The Morgan fingerprint density at radius 3 is 1.59 bits per heavy atom. The molecule has 0 aromatic heterocycles. The summed E-state index contributed by atoms with van der Waals surface area (Å²) in [4.78, 5) is 10.4. The van der Waals surface area contributed by atoms with Crippen molar-refractivity contribution in [3.8, 4) is 28.0 Å². The minimum atomic E-state index is -0.391. The highest BCUT2D eigenvalue weighted by molar-refractivity contribution is 5.71. The maximum absolute atomic E-state index is 10.8. The lowest BCUT2D eigenvalue weighted by molar-refractivity contribution is -0.384. The van der Waals surface area contributed by atoms with E-state index in [1.54, 1.807) is 12.1 Å². The molecule has 32 heavy (non-hydrogen) atoms. The smallest absolute Gasteiger partial charge is 0.269 e. The van der Waals surface area contributed by atoms with Crippen LogP contribution in [0.4, 0.5) is 5.69 Å². The first-order valence-electron chi connectivity index (χ1n) is 10.9. The Morgan fingerprint density at radius 1 is 0.656 bits per heavy atom. The van der Waals surface area contributed by atoms with Gasteiger partial charge in [-0.1, -0.05) is 49.7 Å². The van der Waals surface area contributed by atoms with Crippen LogP contribution in [-0.4, -0.2) is 38.0 Å². The molecule has 0 saturated heterocycles. The lowest BCUT2D eigenvalue weighted by atomic mass is 10.0. The third kappa shape index (κ3) is 7.18. The number of hydrogen-bond acceptors (Lipinski definition) is 5. The predicted octanol–water partition coefficient (Wildman–Crippen LogP) is 6.14. The molecule has 0 unspecified atom stereocenters. The topological polar surface area (TPSA) is 70.8 Å². The van der Waals surface area contributed by atoms with Gasteiger partial charge in [-0.25, -0.2) is 0 Å². The van der Waals surface area contributed by atoms with Gasteiger partial charge >= 0.3 is 0 Å². The average Bonchev–Trinajstić information content (AvgIpc) is 2.83. The van der Waals surface area contributed by atoms with Crippen molar-refractivity contribution < 1.29 is 19.1 Å². The summed E-state index contributed by atoms with van der Waals surface area (Å²) in [6.45, 7) is 5.17. The minimum absolute atomic E-state index is 0.0932. The Balaban J connectivity index is 1.45. The summed E-state index contributed by atoms with van der Waals surface area (Å²) in [7, 11) is 0. The molecule has 3 rings (SSSR count). The lowest BCUT2D eigenvalue weighted by Gasteiger charge is -2.09. The maximum Gasteiger partial charge on any atom is 0.269 e. The second-order valence-electron chi connectivity index (χ2n) is 7.33. The van der Waals surface area contributed by atoms with E-state index < -0.39 is 4.92 Å². The molecular weight excluding hydrogens is 406 g/mol. The summed E-state index contributed by atoms with van der Waals surface area (Å²) in [6.07, 6.45) is 2.23. The Hall–Kier alpha value is -3.22. The number of nitro groups is 1. The normalized spacial score (nSPS) is 10.8. The zero-order valence-corrected chi connectivity index (χ0v) is 18.4. The number of ether oxygens (including phenoxy) is 3. The van der Waals surface area contributed by atoms with Gasteiger partial charge in [0, 0.05) is 18.7 Å². The highest BCUT2D eigenvalue weighted by Crippen LogP contribution is 2.27. The number of non-ortho nitro benzene ring substituents is 1. The van der Waals surface area contributed by atoms with Crippen molar-refractivity contribution >= 4 is 5.69 Å².